The molecule has 0 saturated heterocycles. The zero-order valence-corrected chi connectivity index (χ0v) is 8.51. The Morgan fingerprint density at radius 2 is 2.47 bits per heavy atom. The van der Waals surface area contributed by atoms with E-state index in [-0.39, 0.29) is 12.6 Å². The number of esters is 1. The summed E-state index contributed by atoms with van der Waals surface area (Å²) in [6.07, 6.45) is 5.67. The molecule has 0 aromatic carbocycles. The molecule has 1 aromatic heterocycles. The number of aliphatic hydroxyl groups is 1. The molecule has 0 fully saturated rings. The number of carbonyl (C=O) groups excluding carboxylic acids is 1. The van der Waals surface area contributed by atoms with Gasteiger partial charge in [0.25, 0.3) is 0 Å². The second-order valence-electron chi connectivity index (χ2n) is 2.88. The molecule has 0 aliphatic rings. The summed E-state index contributed by atoms with van der Waals surface area (Å²) in [4.78, 5) is 15.2. The predicted octanol–water partition coefficient (Wildman–Crippen LogP) is 1.26. The van der Waals surface area contributed by atoms with Crippen molar-refractivity contribution in [1.29, 1.82) is 0 Å². The Labute approximate surface area is 88.2 Å². The first-order chi connectivity index (χ1) is 7.27. The molecular formula is C11H13NO3. The summed E-state index contributed by atoms with van der Waals surface area (Å²) in [7, 11) is 1.34. The maximum atomic E-state index is 11.2. The van der Waals surface area contributed by atoms with E-state index in [4.69, 9.17) is 5.11 Å². The molecule has 80 valence electrons. The SMILES string of the molecule is COC(=O)c1ccnc(C=CCCO)c1. The lowest BCUT2D eigenvalue weighted by Gasteiger charge is -1.99. The molecule has 0 bridgehead atoms. The summed E-state index contributed by atoms with van der Waals surface area (Å²) in [5.41, 5.74) is 1.14. The normalized spacial score (nSPS) is 10.5. The fourth-order valence-electron chi connectivity index (χ4n) is 1.06. The fourth-order valence-corrected chi connectivity index (χ4v) is 1.06. The van der Waals surface area contributed by atoms with Crippen LogP contribution >= 0.6 is 0 Å². The van der Waals surface area contributed by atoms with Crippen molar-refractivity contribution in [3.63, 3.8) is 0 Å². The van der Waals surface area contributed by atoms with Crippen molar-refractivity contribution in [2.75, 3.05) is 13.7 Å². The Balaban J connectivity index is 2.78. The third-order valence-electron chi connectivity index (χ3n) is 1.79. The summed E-state index contributed by atoms with van der Waals surface area (Å²) in [6.45, 7) is 0.104. The van der Waals surface area contributed by atoms with Gasteiger partial charge in [0.2, 0.25) is 0 Å². The van der Waals surface area contributed by atoms with E-state index in [2.05, 4.69) is 9.72 Å². The molecule has 1 N–H and O–H groups in total. The van der Waals surface area contributed by atoms with Crippen LogP contribution in [0.25, 0.3) is 6.08 Å². The number of ether oxygens (including phenoxy) is 1. The van der Waals surface area contributed by atoms with Crippen molar-refractivity contribution < 1.29 is 14.6 Å². The van der Waals surface area contributed by atoms with Gasteiger partial charge < -0.3 is 9.84 Å². The summed E-state index contributed by atoms with van der Waals surface area (Å²) < 4.78 is 4.59. The van der Waals surface area contributed by atoms with E-state index in [1.165, 1.54) is 7.11 Å². The molecule has 4 heteroatoms. The molecule has 0 radical (unpaired) electrons. The van der Waals surface area contributed by atoms with E-state index in [9.17, 15) is 4.79 Å². The van der Waals surface area contributed by atoms with Crippen LogP contribution in [0.4, 0.5) is 0 Å². The largest absolute Gasteiger partial charge is 0.465 e. The summed E-state index contributed by atoms with van der Waals surface area (Å²) in [6, 6.07) is 3.23. The Morgan fingerprint density at radius 3 is 3.13 bits per heavy atom. The summed E-state index contributed by atoms with van der Waals surface area (Å²) in [5.74, 6) is -0.380. The van der Waals surface area contributed by atoms with Crippen LogP contribution in [0.3, 0.4) is 0 Å². The van der Waals surface area contributed by atoms with Crippen LogP contribution in [-0.4, -0.2) is 29.8 Å². The monoisotopic (exact) mass is 207 g/mol. The second kappa shape index (κ2) is 5.93. The highest BCUT2D eigenvalue weighted by Crippen LogP contribution is 2.05. The molecule has 0 unspecified atom stereocenters. The molecule has 1 heterocycles. The van der Waals surface area contributed by atoms with Crippen molar-refractivity contribution in [3.8, 4) is 0 Å². The lowest BCUT2D eigenvalue weighted by molar-refractivity contribution is 0.0600. The molecule has 4 nitrogen and oxygen atoms in total. The van der Waals surface area contributed by atoms with E-state index >= 15 is 0 Å². The van der Waals surface area contributed by atoms with Gasteiger partial charge in [-0.3, -0.25) is 4.98 Å². The molecule has 15 heavy (non-hydrogen) atoms. The second-order valence-corrected chi connectivity index (χ2v) is 2.88. The van der Waals surface area contributed by atoms with Crippen molar-refractivity contribution in [2.24, 2.45) is 0 Å². The highest BCUT2D eigenvalue weighted by Gasteiger charge is 2.04. The van der Waals surface area contributed by atoms with Gasteiger partial charge in [0, 0.05) is 12.8 Å². The first-order valence-corrected chi connectivity index (χ1v) is 4.59. The topological polar surface area (TPSA) is 59.4 Å². The van der Waals surface area contributed by atoms with Gasteiger partial charge in [-0.2, -0.15) is 0 Å². The van der Waals surface area contributed by atoms with Gasteiger partial charge in [-0.25, -0.2) is 4.79 Å². The van der Waals surface area contributed by atoms with Gasteiger partial charge in [0.05, 0.1) is 18.4 Å². The van der Waals surface area contributed by atoms with Gasteiger partial charge in [0.1, 0.15) is 0 Å². The third-order valence-corrected chi connectivity index (χ3v) is 1.79. The first-order valence-electron chi connectivity index (χ1n) is 4.59. The zero-order chi connectivity index (χ0) is 11.1. The lowest BCUT2D eigenvalue weighted by Crippen LogP contribution is -2.01. The highest BCUT2D eigenvalue weighted by atomic mass is 16.5. The molecule has 1 rings (SSSR count). The van der Waals surface area contributed by atoms with E-state index in [0.29, 0.717) is 17.7 Å². The highest BCUT2D eigenvalue weighted by molar-refractivity contribution is 5.89. The summed E-state index contributed by atoms with van der Waals surface area (Å²) in [5, 5.41) is 8.58. The van der Waals surface area contributed by atoms with Crippen LogP contribution in [0, 0.1) is 0 Å². The average molecular weight is 207 g/mol. The maximum absolute atomic E-state index is 11.2. The Bertz CT molecular complexity index is 361. The number of carbonyl (C=O) groups is 1. The van der Waals surface area contributed by atoms with Crippen molar-refractivity contribution in [2.45, 2.75) is 6.42 Å². The number of rotatable bonds is 4. The molecule has 0 aliphatic carbocycles. The molecule has 0 saturated carbocycles. The van der Waals surface area contributed by atoms with Crippen molar-refractivity contribution >= 4 is 12.0 Å². The third kappa shape index (κ3) is 3.52. The average Bonchev–Trinajstić information content (AvgIpc) is 2.29. The molecule has 0 aliphatic heterocycles. The standard InChI is InChI=1S/C11H13NO3/c1-15-11(14)9-5-6-12-10(8-9)4-2-3-7-13/h2,4-6,8,13H,3,7H2,1H3. The number of nitrogens with zero attached hydrogens (tertiary/aromatic N) is 1. The van der Waals surface area contributed by atoms with E-state index < -0.39 is 0 Å². The zero-order valence-electron chi connectivity index (χ0n) is 8.51. The smallest absolute Gasteiger partial charge is 0.337 e. The molecular weight excluding hydrogens is 194 g/mol. The fraction of sp³-hybridized carbons (Fsp3) is 0.273. The maximum Gasteiger partial charge on any atom is 0.337 e. The molecule has 0 spiro atoms. The van der Waals surface area contributed by atoms with Crippen LogP contribution in [-0.2, 0) is 4.74 Å². The van der Waals surface area contributed by atoms with Crippen LogP contribution in [0.2, 0.25) is 0 Å². The minimum Gasteiger partial charge on any atom is -0.465 e. The van der Waals surface area contributed by atoms with Crippen LogP contribution < -0.4 is 0 Å². The minimum atomic E-state index is -0.380. The van der Waals surface area contributed by atoms with Gasteiger partial charge in [-0.1, -0.05) is 6.08 Å². The van der Waals surface area contributed by atoms with Crippen LogP contribution in [0.5, 0.6) is 0 Å². The van der Waals surface area contributed by atoms with Gasteiger partial charge >= 0.3 is 5.97 Å². The Hall–Kier alpha value is -1.68. The van der Waals surface area contributed by atoms with Crippen LogP contribution in [0.1, 0.15) is 22.5 Å². The Kier molecular flexibility index (Phi) is 4.50. The molecule has 1 aromatic rings. The van der Waals surface area contributed by atoms with E-state index in [0.717, 1.165) is 0 Å². The van der Waals surface area contributed by atoms with Crippen LogP contribution in [0.15, 0.2) is 24.4 Å². The number of aliphatic hydroxyl groups excluding tert-OH is 1. The van der Waals surface area contributed by atoms with Gasteiger partial charge in [-0.15, -0.1) is 0 Å². The number of hydrogen-bond donors (Lipinski definition) is 1. The molecule has 0 amide bonds. The number of methoxy groups -OCH3 is 1. The number of aromatic nitrogens is 1. The van der Waals surface area contributed by atoms with Gasteiger partial charge in [0.15, 0.2) is 0 Å². The van der Waals surface area contributed by atoms with E-state index in [1.54, 1.807) is 30.5 Å². The number of hydrogen-bond acceptors (Lipinski definition) is 4. The lowest BCUT2D eigenvalue weighted by atomic mass is 10.2. The van der Waals surface area contributed by atoms with E-state index in [1.807, 2.05) is 0 Å². The summed E-state index contributed by atoms with van der Waals surface area (Å²) >= 11 is 0. The van der Waals surface area contributed by atoms with Crippen molar-refractivity contribution in [3.05, 3.63) is 35.7 Å². The van der Waals surface area contributed by atoms with Crippen molar-refractivity contribution in [1.82, 2.24) is 4.98 Å². The van der Waals surface area contributed by atoms with Gasteiger partial charge in [-0.05, 0) is 24.6 Å². The first kappa shape index (κ1) is 11.4. The Morgan fingerprint density at radius 1 is 1.67 bits per heavy atom. The number of pyridine rings is 1. The quantitative estimate of drug-likeness (QED) is 0.755. The predicted molar refractivity (Wildman–Crippen MR) is 56.3 cm³/mol. The molecule has 0 atom stereocenters. The minimum absolute atomic E-state index is 0.104.